The molecule has 4 rings (SSSR count). The first-order valence-corrected chi connectivity index (χ1v) is 10.7. The summed E-state index contributed by atoms with van der Waals surface area (Å²) in [5.41, 5.74) is 1.04. The molecule has 1 aliphatic heterocycles. The first kappa shape index (κ1) is 23.4. The summed E-state index contributed by atoms with van der Waals surface area (Å²) in [6.45, 7) is 6.88. The first-order valence-electron chi connectivity index (χ1n) is 10.7. The summed E-state index contributed by atoms with van der Waals surface area (Å²) in [6, 6.07) is 7.37. The van der Waals surface area contributed by atoms with Crippen LogP contribution in [0.3, 0.4) is 0 Å². The summed E-state index contributed by atoms with van der Waals surface area (Å²) in [5, 5.41) is 3.35. The third-order valence-corrected chi connectivity index (χ3v) is 5.31. The minimum absolute atomic E-state index is 0. The van der Waals surface area contributed by atoms with E-state index in [1.165, 1.54) is 19.1 Å². The number of halogens is 1. The van der Waals surface area contributed by atoms with E-state index in [1.807, 2.05) is 23.2 Å². The van der Waals surface area contributed by atoms with E-state index in [4.69, 9.17) is 14.1 Å². The van der Waals surface area contributed by atoms with Gasteiger partial charge < -0.3 is 24.3 Å². The number of aromatic nitrogens is 1. The number of nitrogens with one attached hydrogen (secondary N) is 1. The van der Waals surface area contributed by atoms with Crippen LogP contribution in [0.1, 0.15) is 35.9 Å². The molecule has 9 heteroatoms. The summed E-state index contributed by atoms with van der Waals surface area (Å²) in [6.07, 6.45) is 5.89. The van der Waals surface area contributed by atoms with Gasteiger partial charge in [-0.3, -0.25) is 4.79 Å². The van der Waals surface area contributed by atoms with Crippen LogP contribution in [0.5, 0.6) is 5.88 Å². The van der Waals surface area contributed by atoms with Gasteiger partial charge in [0.15, 0.2) is 11.7 Å². The van der Waals surface area contributed by atoms with Crippen LogP contribution < -0.4 is 10.1 Å². The Balaban J connectivity index is 0.00000272. The number of pyridine rings is 1. The largest absolute Gasteiger partial charge is 0.477 e. The monoisotopic (exact) mass is 539 g/mol. The van der Waals surface area contributed by atoms with Crippen molar-refractivity contribution in [3.8, 4) is 5.88 Å². The summed E-state index contributed by atoms with van der Waals surface area (Å²) in [5.74, 6) is 2.59. The zero-order valence-corrected chi connectivity index (χ0v) is 20.2. The maximum Gasteiger partial charge on any atom is 0.289 e. The molecule has 31 heavy (non-hydrogen) atoms. The summed E-state index contributed by atoms with van der Waals surface area (Å²) in [7, 11) is 0. The Hall–Kier alpha value is -2.30. The lowest BCUT2D eigenvalue weighted by Crippen LogP contribution is -2.53. The van der Waals surface area contributed by atoms with E-state index in [0.717, 1.165) is 37.8 Å². The van der Waals surface area contributed by atoms with Crippen molar-refractivity contribution in [1.29, 1.82) is 0 Å². The van der Waals surface area contributed by atoms with Gasteiger partial charge in [-0.15, -0.1) is 24.0 Å². The predicted octanol–water partition coefficient (Wildman–Crippen LogP) is 3.00. The molecule has 0 atom stereocenters. The molecule has 1 saturated carbocycles. The highest BCUT2D eigenvalue weighted by molar-refractivity contribution is 14.0. The molecule has 1 N–H and O–H groups in total. The Morgan fingerprint density at radius 1 is 1.23 bits per heavy atom. The zero-order chi connectivity index (χ0) is 20.8. The maximum atomic E-state index is 12.4. The van der Waals surface area contributed by atoms with Gasteiger partial charge in [-0.1, -0.05) is 6.07 Å². The normalized spacial score (nSPS) is 16.6. The molecule has 3 heterocycles. The molecule has 1 saturated heterocycles. The van der Waals surface area contributed by atoms with Crippen molar-refractivity contribution in [1.82, 2.24) is 20.1 Å². The van der Waals surface area contributed by atoms with E-state index >= 15 is 0 Å². The third-order valence-electron chi connectivity index (χ3n) is 5.31. The number of hydrogen-bond donors (Lipinski definition) is 1. The van der Waals surface area contributed by atoms with E-state index in [2.05, 4.69) is 22.1 Å². The van der Waals surface area contributed by atoms with Crippen LogP contribution in [0.15, 0.2) is 46.1 Å². The zero-order valence-electron chi connectivity index (χ0n) is 17.8. The van der Waals surface area contributed by atoms with Crippen molar-refractivity contribution in [3.05, 3.63) is 48.0 Å². The fourth-order valence-electron chi connectivity index (χ4n) is 3.35. The van der Waals surface area contributed by atoms with Gasteiger partial charge >= 0.3 is 0 Å². The molecule has 0 unspecified atom stereocenters. The van der Waals surface area contributed by atoms with E-state index < -0.39 is 0 Å². The number of aliphatic imine (C=N–C) groups is 1. The molecule has 1 aliphatic carbocycles. The standard InChI is InChI=1S/C22H29N5O3.HI/c1-2-23-22(25-15-18-7-8-20(24-14-18)30-16-17-5-6-17)27-11-9-26(10-12-27)21(28)19-4-3-13-29-19;/h3-4,7-8,13-14,17H,2,5-6,9-12,15-16H2,1H3,(H,23,25);1H. The summed E-state index contributed by atoms with van der Waals surface area (Å²) < 4.78 is 10.9. The lowest BCUT2D eigenvalue weighted by molar-refractivity contribution is 0.0657. The van der Waals surface area contributed by atoms with Crippen LogP contribution >= 0.6 is 24.0 Å². The minimum Gasteiger partial charge on any atom is -0.477 e. The Bertz CT molecular complexity index is 845. The van der Waals surface area contributed by atoms with Crippen LogP contribution in [0.4, 0.5) is 0 Å². The smallest absolute Gasteiger partial charge is 0.289 e. The molecule has 0 spiro atoms. The number of amides is 1. The Labute approximate surface area is 200 Å². The fourth-order valence-corrected chi connectivity index (χ4v) is 3.35. The van der Waals surface area contributed by atoms with Crippen LogP contribution in [-0.2, 0) is 6.54 Å². The van der Waals surface area contributed by atoms with E-state index in [9.17, 15) is 4.79 Å². The molecule has 2 fully saturated rings. The molecule has 2 aliphatic rings. The summed E-state index contributed by atoms with van der Waals surface area (Å²) in [4.78, 5) is 25.6. The molecule has 0 radical (unpaired) electrons. The fraction of sp³-hybridized carbons (Fsp3) is 0.500. The third kappa shape index (κ3) is 6.59. The Kier molecular flexibility index (Phi) is 8.56. The average Bonchev–Trinajstić information content (AvgIpc) is 3.46. The van der Waals surface area contributed by atoms with Crippen LogP contribution in [0.25, 0.3) is 0 Å². The predicted molar refractivity (Wildman–Crippen MR) is 129 cm³/mol. The number of carbonyl (C=O) groups excluding carboxylic acids is 1. The van der Waals surface area contributed by atoms with Crippen molar-refractivity contribution in [2.45, 2.75) is 26.3 Å². The van der Waals surface area contributed by atoms with E-state index in [1.54, 1.807) is 12.1 Å². The highest BCUT2D eigenvalue weighted by Crippen LogP contribution is 2.29. The second kappa shape index (κ2) is 11.4. The van der Waals surface area contributed by atoms with Gasteiger partial charge in [0.05, 0.1) is 19.4 Å². The molecular formula is C22H30IN5O3. The maximum absolute atomic E-state index is 12.4. The molecule has 8 nitrogen and oxygen atoms in total. The Morgan fingerprint density at radius 2 is 2.00 bits per heavy atom. The van der Waals surface area contributed by atoms with Crippen molar-refractivity contribution in [2.75, 3.05) is 39.3 Å². The number of carbonyl (C=O) groups is 1. The first-order chi connectivity index (χ1) is 14.7. The second-order valence-corrected chi connectivity index (χ2v) is 7.69. The van der Waals surface area contributed by atoms with Gasteiger partial charge in [-0.2, -0.15) is 0 Å². The second-order valence-electron chi connectivity index (χ2n) is 7.69. The van der Waals surface area contributed by atoms with Gasteiger partial charge in [0, 0.05) is 45.0 Å². The number of ether oxygens (including phenoxy) is 1. The topological polar surface area (TPSA) is 83.2 Å². The van der Waals surface area contributed by atoms with Crippen LogP contribution in [-0.4, -0.2) is 66.0 Å². The highest BCUT2D eigenvalue weighted by Gasteiger charge is 2.25. The highest BCUT2D eigenvalue weighted by atomic mass is 127. The van der Waals surface area contributed by atoms with E-state index in [-0.39, 0.29) is 29.9 Å². The van der Waals surface area contributed by atoms with Crippen molar-refractivity contribution >= 4 is 35.8 Å². The number of piperazine rings is 1. The van der Waals surface area contributed by atoms with Crippen molar-refractivity contribution < 1.29 is 13.9 Å². The number of nitrogens with zero attached hydrogens (tertiary/aromatic N) is 4. The lowest BCUT2D eigenvalue weighted by atomic mass is 10.3. The summed E-state index contributed by atoms with van der Waals surface area (Å²) >= 11 is 0. The molecule has 2 aromatic heterocycles. The Morgan fingerprint density at radius 3 is 2.61 bits per heavy atom. The van der Waals surface area contributed by atoms with Crippen molar-refractivity contribution in [2.24, 2.45) is 10.9 Å². The van der Waals surface area contributed by atoms with Gasteiger partial charge in [-0.25, -0.2) is 9.98 Å². The van der Waals surface area contributed by atoms with Crippen molar-refractivity contribution in [3.63, 3.8) is 0 Å². The number of rotatable bonds is 7. The molecule has 0 aromatic carbocycles. The van der Waals surface area contributed by atoms with Gasteiger partial charge in [0.1, 0.15) is 0 Å². The molecule has 2 aromatic rings. The van der Waals surface area contributed by atoms with Gasteiger partial charge in [0.2, 0.25) is 5.88 Å². The average molecular weight is 539 g/mol. The SMILES string of the molecule is CCNC(=NCc1ccc(OCC2CC2)nc1)N1CCN(C(=O)c2ccco2)CC1.I. The van der Waals surface area contributed by atoms with Gasteiger partial charge in [-0.05, 0) is 43.4 Å². The lowest BCUT2D eigenvalue weighted by Gasteiger charge is -2.36. The quantitative estimate of drug-likeness (QED) is 0.331. The minimum atomic E-state index is -0.0586. The van der Waals surface area contributed by atoms with Crippen LogP contribution in [0.2, 0.25) is 0 Å². The van der Waals surface area contributed by atoms with Gasteiger partial charge in [0.25, 0.3) is 5.91 Å². The van der Waals surface area contributed by atoms with E-state index in [0.29, 0.717) is 37.2 Å². The number of guanidine groups is 1. The molecule has 168 valence electrons. The molecule has 1 amide bonds. The molecule has 0 bridgehead atoms. The molecular weight excluding hydrogens is 509 g/mol. The number of furan rings is 1. The number of hydrogen-bond acceptors (Lipinski definition) is 5. The van der Waals surface area contributed by atoms with Crippen LogP contribution in [0, 0.1) is 5.92 Å².